The molecule has 1 saturated heterocycles. The number of fused-ring (bicyclic) bond motifs is 1. The molecule has 1 N–H and O–H groups in total. The predicted molar refractivity (Wildman–Crippen MR) is 110 cm³/mol. The molecule has 2 aromatic heterocycles. The van der Waals surface area contributed by atoms with Crippen LogP contribution in [-0.4, -0.2) is 62.8 Å². The fourth-order valence-electron chi connectivity index (χ4n) is 4.04. The van der Waals surface area contributed by atoms with Crippen LogP contribution >= 0.6 is 0 Å². The molecule has 0 saturated carbocycles. The summed E-state index contributed by atoms with van der Waals surface area (Å²) < 4.78 is 1.87. The van der Waals surface area contributed by atoms with E-state index in [0.717, 1.165) is 44.8 Å². The molecule has 1 atom stereocenters. The molecule has 7 heteroatoms. The summed E-state index contributed by atoms with van der Waals surface area (Å²) in [5.41, 5.74) is 1.81. The number of aromatic nitrogens is 4. The van der Waals surface area contributed by atoms with Crippen molar-refractivity contribution in [1.29, 1.82) is 0 Å². The minimum absolute atomic E-state index is 0.00254. The highest BCUT2D eigenvalue weighted by Gasteiger charge is 2.27. The Hall–Kier alpha value is -2.51. The Morgan fingerprint density at radius 3 is 2.61 bits per heavy atom. The van der Waals surface area contributed by atoms with Gasteiger partial charge < -0.3 is 4.90 Å². The molecule has 3 aromatic rings. The Morgan fingerprint density at radius 1 is 1.14 bits per heavy atom. The lowest BCUT2D eigenvalue weighted by Crippen LogP contribution is -2.47. The number of hydrogen-bond donors (Lipinski definition) is 1. The van der Waals surface area contributed by atoms with Gasteiger partial charge in [-0.05, 0) is 25.5 Å². The number of aromatic amines is 1. The van der Waals surface area contributed by atoms with Gasteiger partial charge in [-0.3, -0.25) is 19.4 Å². The number of benzene rings is 1. The Morgan fingerprint density at radius 2 is 1.89 bits per heavy atom. The minimum atomic E-state index is -0.00254. The maximum atomic E-state index is 13.2. The van der Waals surface area contributed by atoms with E-state index in [-0.39, 0.29) is 11.6 Å². The van der Waals surface area contributed by atoms with E-state index in [9.17, 15) is 4.79 Å². The normalized spacial score (nSPS) is 17.2. The number of H-pyrrole nitrogens is 1. The van der Waals surface area contributed by atoms with Crippen molar-refractivity contribution in [1.82, 2.24) is 29.5 Å². The van der Waals surface area contributed by atoms with E-state index in [1.165, 1.54) is 5.56 Å². The first-order valence-corrected chi connectivity index (χ1v) is 10.1. The second-order valence-corrected chi connectivity index (χ2v) is 7.56. The topological polar surface area (TPSA) is 70.0 Å². The zero-order valence-corrected chi connectivity index (χ0v) is 16.6. The summed E-state index contributed by atoms with van der Waals surface area (Å²) in [5, 5.41) is 7.50. The van der Waals surface area contributed by atoms with E-state index in [1.54, 1.807) is 6.20 Å². The molecular weight excluding hydrogens is 352 g/mol. The van der Waals surface area contributed by atoms with Crippen molar-refractivity contribution in [3.63, 3.8) is 0 Å². The average Bonchev–Trinajstić information content (AvgIpc) is 3.19. The molecule has 3 heterocycles. The second kappa shape index (κ2) is 8.24. The molecule has 0 spiro atoms. The highest BCUT2D eigenvalue weighted by atomic mass is 16.1. The summed E-state index contributed by atoms with van der Waals surface area (Å²) in [6, 6.07) is 10.4. The molecule has 0 radical (unpaired) electrons. The van der Waals surface area contributed by atoms with E-state index >= 15 is 0 Å². The first-order valence-electron chi connectivity index (χ1n) is 10.1. The summed E-state index contributed by atoms with van der Waals surface area (Å²) in [6.07, 6.45) is 3.31. The molecule has 1 unspecified atom stereocenters. The molecule has 1 aliphatic rings. The fraction of sp³-hybridized carbons (Fsp3) is 0.476. The van der Waals surface area contributed by atoms with E-state index in [1.807, 2.05) is 22.8 Å². The molecule has 28 heavy (non-hydrogen) atoms. The maximum absolute atomic E-state index is 13.2. The number of aryl methyl sites for hydroxylation is 1. The number of rotatable bonds is 6. The summed E-state index contributed by atoms with van der Waals surface area (Å²) in [7, 11) is 2.16. The monoisotopic (exact) mass is 380 g/mol. The first kappa shape index (κ1) is 18.8. The van der Waals surface area contributed by atoms with Gasteiger partial charge in [-0.1, -0.05) is 37.3 Å². The smallest absolute Gasteiger partial charge is 0.264 e. The Kier molecular flexibility index (Phi) is 5.54. The van der Waals surface area contributed by atoms with E-state index in [0.29, 0.717) is 17.6 Å². The molecule has 1 fully saturated rings. The fourth-order valence-corrected chi connectivity index (χ4v) is 4.04. The van der Waals surface area contributed by atoms with Crippen LogP contribution in [0.5, 0.6) is 0 Å². The summed E-state index contributed by atoms with van der Waals surface area (Å²) in [5.74, 6) is 0.852. The van der Waals surface area contributed by atoms with E-state index in [2.05, 4.69) is 46.1 Å². The largest absolute Gasteiger partial charge is 0.304 e. The number of nitrogens with one attached hydrogen (secondary N) is 1. The standard InChI is InChI=1S/C21H28N6O/c1-3-18(26-13-11-25(2)12-14-26)20-23-19-17(15-22-24-19)21(28)27(20)10-9-16-7-5-4-6-8-16/h4-8,15,18H,3,9-14H2,1-2H3,(H,22,24). The lowest BCUT2D eigenvalue weighted by Gasteiger charge is -2.37. The SMILES string of the molecule is CCC(c1nc2[nH]ncc2c(=O)n1CCc1ccccc1)N1CCN(C)CC1. The van der Waals surface area contributed by atoms with E-state index in [4.69, 9.17) is 4.98 Å². The van der Waals surface area contributed by atoms with Gasteiger partial charge in [-0.2, -0.15) is 5.10 Å². The van der Waals surface area contributed by atoms with Crippen molar-refractivity contribution in [2.24, 2.45) is 0 Å². The van der Waals surface area contributed by atoms with Gasteiger partial charge in [0.25, 0.3) is 5.56 Å². The zero-order valence-electron chi connectivity index (χ0n) is 16.6. The maximum Gasteiger partial charge on any atom is 0.264 e. The summed E-state index contributed by atoms with van der Waals surface area (Å²) >= 11 is 0. The molecule has 1 aromatic carbocycles. The summed E-state index contributed by atoms with van der Waals surface area (Å²) in [6.45, 7) is 6.85. The molecule has 7 nitrogen and oxygen atoms in total. The molecule has 4 rings (SSSR count). The molecule has 148 valence electrons. The molecule has 0 amide bonds. The van der Waals surface area contributed by atoms with Crippen LogP contribution < -0.4 is 5.56 Å². The number of hydrogen-bond acceptors (Lipinski definition) is 5. The van der Waals surface area contributed by atoms with Crippen LogP contribution in [0.2, 0.25) is 0 Å². The van der Waals surface area contributed by atoms with Gasteiger partial charge in [-0.15, -0.1) is 0 Å². The minimum Gasteiger partial charge on any atom is -0.304 e. The van der Waals surface area contributed by atoms with Gasteiger partial charge in [0.1, 0.15) is 11.2 Å². The first-order chi connectivity index (χ1) is 13.7. The van der Waals surface area contributed by atoms with Crippen molar-refractivity contribution < 1.29 is 0 Å². The van der Waals surface area contributed by atoms with Gasteiger partial charge in [0.15, 0.2) is 5.65 Å². The highest BCUT2D eigenvalue weighted by molar-refractivity contribution is 5.72. The molecular formula is C21H28N6O. The number of likely N-dealkylation sites (N-methyl/N-ethyl adjacent to an activating group) is 1. The van der Waals surface area contributed by atoms with Crippen LogP contribution in [0, 0.1) is 0 Å². The lowest BCUT2D eigenvalue weighted by atomic mass is 10.1. The predicted octanol–water partition coefficient (Wildman–Crippen LogP) is 2.06. The van der Waals surface area contributed by atoms with Crippen LogP contribution in [0.1, 0.15) is 30.8 Å². The van der Waals surface area contributed by atoms with Crippen LogP contribution in [0.4, 0.5) is 0 Å². The van der Waals surface area contributed by atoms with Gasteiger partial charge in [0.05, 0.1) is 12.2 Å². The van der Waals surface area contributed by atoms with Crippen molar-refractivity contribution in [3.8, 4) is 0 Å². The van der Waals surface area contributed by atoms with Gasteiger partial charge in [0.2, 0.25) is 0 Å². The third-order valence-corrected chi connectivity index (χ3v) is 5.73. The Bertz CT molecular complexity index is 971. The van der Waals surface area contributed by atoms with Crippen molar-refractivity contribution in [2.45, 2.75) is 32.4 Å². The average molecular weight is 380 g/mol. The second-order valence-electron chi connectivity index (χ2n) is 7.56. The number of piperazine rings is 1. The molecule has 0 bridgehead atoms. The Balaban J connectivity index is 1.71. The Labute approximate surface area is 165 Å². The summed E-state index contributed by atoms with van der Waals surface area (Å²) in [4.78, 5) is 22.9. The van der Waals surface area contributed by atoms with Gasteiger partial charge in [-0.25, -0.2) is 4.98 Å². The zero-order chi connectivity index (χ0) is 19.5. The number of nitrogens with zero attached hydrogens (tertiary/aromatic N) is 5. The van der Waals surface area contributed by atoms with Gasteiger partial charge in [0, 0.05) is 32.7 Å². The van der Waals surface area contributed by atoms with Crippen molar-refractivity contribution in [2.75, 3.05) is 33.2 Å². The van der Waals surface area contributed by atoms with Crippen LogP contribution in [0.25, 0.3) is 11.0 Å². The molecule has 0 aliphatic carbocycles. The van der Waals surface area contributed by atoms with E-state index < -0.39 is 0 Å². The molecule has 1 aliphatic heterocycles. The lowest BCUT2D eigenvalue weighted by molar-refractivity contribution is 0.102. The third-order valence-electron chi connectivity index (χ3n) is 5.73. The van der Waals surface area contributed by atoms with Crippen molar-refractivity contribution in [3.05, 3.63) is 58.3 Å². The third kappa shape index (κ3) is 3.72. The quantitative estimate of drug-likeness (QED) is 0.709. The van der Waals surface area contributed by atoms with Gasteiger partial charge >= 0.3 is 0 Å². The van der Waals surface area contributed by atoms with Crippen LogP contribution in [0.15, 0.2) is 41.3 Å². The van der Waals surface area contributed by atoms with Crippen LogP contribution in [-0.2, 0) is 13.0 Å². The highest BCUT2D eigenvalue weighted by Crippen LogP contribution is 2.24. The van der Waals surface area contributed by atoms with Crippen LogP contribution in [0.3, 0.4) is 0 Å². The van der Waals surface area contributed by atoms with Crippen molar-refractivity contribution >= 4 is 11.0 Å².